The number of carbonyl (C=O) groups is 1. The highest BCUT2D eigenvalue weighted by atomic mass is 17.2. The molecule has 0 N–H and O–H groups in total. The zero-order chi connectivity index (χ0) is 7.98. The molecule has 0 saturated carbocycles. The molecule has 0 aromatic heterocycles. The standard InChI is InChI=1S/C7H10O3/c1-4-6(3)7(8)10-9-5-2/h5H,2-4H2,1H3. The summed E-state index contributed by atoms with van der Waals surface area (Å²) in [5.74, 6) is -0.553. The Morgan fingerprint density at radius 1 is 1.70 bits per heavy atom. The molecule has 0 fully saturated rings. The maximum Gasteiger partial charge on any atom is 0.381 e. The monoisotopic (exact) mass is 142 g/mol. The van der Waals surface area contributed by atoms with Crippen LogP contribution in [0.5, 0.6) is 0 Å². The Bertz CT molecular complexity index is 149. The fourth-order valence-electron chi connectivity index (χ4n) is 0.281. The third-order valence-corrected chi connectivity index (χ3v) is 0.907. The minimum atomic E-state index is -0.553. The van der Waals surface area contributed by atoms with Crippen LogP contribution < -0.4 is 0 Å². The third kappa shape index (κ3) is 2.91. The van der Waals surface area contributed by atoms with Gasteiger partial charge in [0.25, 0.3) is 0 Å². The van der Waals surface area contributed by atoms with E-state index in [-0.39, 0.29) is 0 Å². The van der Waals surface area contributed by atoms with Crippen molar-refractivity contribution >= 4 is 5.97 Å². The summed E-state index contributed by atoms with van der Waals surface area (Å²) >= 11 is 0. The molecule has 0 spiro atoms. The summed E-state index contributed by atoms with van der Waals surface area (Å²) in [6.45, 7) is 8.43. The predicted molar refractivity (Wildman–Crippen MR) is 36.8 cm³/mol. The van der Waals surface area contributed by atoms with Crippen LogP contribution in [0, 0.1) is 0 Å². The van der Waals surface area contributed by atoms with E-state index in [1.807, 2.05) is 0 Å². The van der Waals surface area contributed by atoms with Gasteiger partial charge in [0.05, 0.1) is 0 Å². The Balaban J connectivity index is 3.62. The van der Waals surface area contributed by atoms with E-state index in [0.29, 0.717) is 12.0 Å². The molecule has 0 rings (SSSR count). The zero-order valence-electron chi connectivity index (χ0n) is 5.92. The SMILES string of the molecule is C=COOC(=O)C(=C)CC. The number of hydrogen-bond acceptors (Lipinski definition) is 3. The molecule has 0 radical (unpaired) electrons. The Morgan fingerprint density at radius 2 is 2.30 bits per heavy atom. The van der Waals surface area contributed by atoms with Gasteiger partial charge in [-0.3, -0.25) is 4.89 Å². The lowest BCUT2D eigenvalue weighted by atomic mass is 10.2. The lowest BCUT2D eigenvalue weighted by molar-refractivity contribution is -0.233. The van der Waals surface area contributed by atoms with Crippen LogP contribution in [-0.2, 0) is 14.6 Å². The normalized spacial score (nSPS) is 8.10. The summed E-state index contributed by atoms with van der Waals surface area (Å²) in [7, 11) is 0. The van der Waals surface area contributed by atoms with E-state index in [1.54, 1.807) is 6.92 Å². The lowest BCUT2D eigenvalue weighted by Gasteiger charge is -1.99. The van der Waals surface area contributed by atoms with Gasteiger partial charge in [0.2, 0.25) is 0 Å². The summed E-state index contributed by atoms with van der Waals surface area (Å²) in [5.41, 5.74) is 0.377. The van der Waals surface area contributed by atoms with Crippen LogP contribution >= 0.6 is 0 Å². The molecule has 0 aromatic carbocycles. The molecule has 10 heavy (non-hydrogen) atoms. The lowest BCUT2D eigenvalue weighted by Crippen LogP contribution is -2.04. The number of rotatable bonds is 4. The average Bonchev–Trinajstić information content (AvgIpc) is 1.98. The highest BCUT2D eigenvalue weighted by Crippen LogP contribution is 1.99. The van der Waals surface area contributed by atoms with Crippen molar-refractivity contribution in [1.82, 2.24) is 0 Å². The second-order valence-electron chi connectivity index (χ2n) is 1.59. The summed E-state index contributed by atoms with van der Waals surface area (Å²) in [5, 5.41) is 0. The smallest absolute Gasteiger partial charge is 0.295 e. The van der Waals surface area contributed by atoms with Crippen molar-refractivity contribution in [3.05, 3.63) is 25.0 Å². The molecule has 0 aliphatic heterocycles. The number of hydrogen-bond donors (Lipinski definition) is 0. The minimum Gasteiger partial charge on any atom is -0.295 e. The van der Waals surface area contributed by atoms with Crippen molar-refractivity contribution in [2.45, 2.75) is 13.3 Å². The Labute approximate surface area is 59.9 Å². The van der Waals surface area contributed by atoms with E-state index in [9.17, 15) is 4.79 Å². The van der Waals surface area contributed by atoms with E-state index >= 15 is 0 Å². The fraction of sp³-hybridized carbons (Fsp3) is 0.286. The first-order valence-electron chi connectivity index (χ1n) is 2.88. The first kappa shape index (κ1) is 8.75. The van der Waals surface area contributed by atoms with Crippen LogP contribution in [0.2, 0.25) is 0 Å². The van der Waals surface area contributed by atoms with Crippen LogP contribution in [0.25, 0.3) is 0 Å². The molecule has 3 nitrogen and oxygen atoms in total. The average molecular weight is 142 g/mol. The van der Waals surface area contributed by atoms with Crippen LogP contribution in [0.4, 0.5) is 0 Å². The molecule has 0 aliphatic carbocycles. The highest BCUT2D eigenvalue weighted by Gasteiger charge is 2.05. The second kappa shape index (κ2) is 4.61. The van der Waals surface area contributed by atoms with Gasteiger partial charge in [-0.2, -0.15) is 0 Å². The van der Waals surface area contributed by atoms with E-state index < -0.39 is 5.97 Å². The van der Waals surface area contributed by atoms with Crippen molar-refractivity contribution in [1.29, 1.82) is 0 Å². The van der Waals surface area contributed by atoms with E-state index in [0.717, 1.165) is 6.26 Å². The van der Waals surface area contributed by atoms with Crippen LogP contribution in [0.15, 0.2) is 25.0 Å². The second-order valence-corrected chi connectivity index (χ2v) is 1.59. The van der Waals surface area contributed by atoms with Gasteiger partial charge in [-0.15, -0.1) is 0 Å². The molecule has 0 atom stereocenters. The zero-order valence-corrected chi connectivity index (χ0v) is 5.92. The quantitative estimate of drug-likeness (QED) is 0.258. The fourth-order valence-corrected chi connectivity index (χ4v) is 0.281. The third-order valence-electron chi connectivity index (χ3n) is 0.907. The molecule has 3 heteroatoms. The maximum absolute atomic E-state index is 10.6. The first-order valence-corrected chi connectivity index (χ1v) is 2.88. The Kier molecular flexibility index (Phi) is 4.04. The Morgan fingerprint density at radius 3 is 2.70 bits per heavy atom. The van der Waals surface area contributed by atoms with Crippen molar-refractivity contribution in [3.8, 4) is 0 Å². The van der Waals surface area contributed by atoms with Crippen molar-refractivity contribution in [3.63, 3.8) is 0 Å². The van der Waals surface area contributed by atoms with Gasteiger partial charge in [-0.1, -0.05) is 20.1 Å². The van der Waals surface area contributed by atoms with Gasteiger partial charge >= 0.3 is 5.97 Å². The summed E-state index contributed by atoms with van der Waals surface area (Å²) < 4.78 is 0. The summed E-state index contributed by atoms with van der Waals surface area (Å²) in [6.07, 6.45) is 1.58. The molecule has 0 aliphatic rings. The van der Waals surface area contributed by atoms with Gasteiger partial charge < -0.3 is 0 Å². The van der Waals surface area contributed by atoms with Gasteiger partial charge in [-0.25, -0.2) is 9.68 Å². The van der Waals surface area contributed by atoms with E-state index in [2.05, 4.69) is 22.9 Å². The molecular weight excluding hydrogens is 132 g/mol. The maximum atomic E-state index is 10.6. The predicted octanol–water partition coefficient (Wildman–Crippen LogP) is 1.57. The molecule has 0 bridgehead atoms. The minimum absolute atomic E-state index is 0.377. The van der Waals surface area contributed by atoms with Crippen LogP contribution in [0.1, 0.15) is 13.3 Å². The molecule has 0 saturated heterocycles. The van der Waals surface area contributed by atoms with E-state index in [4.69, 9.17) is 0 Å². The molecule has 0 amide bonds. The molecule has 0 unspecified atom stereocenters. The molecule has 0 heterocycles. The van der Waals surface area contributed by atoms with E-state index in [1.165, 1.54) is 0 Å². The molecule has 56 valence electrons. The largest absolute Gasteiger partial charge is 0.381 e. The van der Waals surface area contributed by atoms with Gasteiger partial charge in [0, 0.05) is 5.57 Å². The number of carbonyl (C=O) groups excluding carboxylic acids is 1. The van der Waals surface area contributed by atoms with Gasteiger partial charge in [-0.05, 0) is 6.42 Å². The van der Waals surface area contributed by atoms with Crippen LogP contribution in [-0.4, -0.2) is 5.97 Å². The van der Waals surface area contributed by atoms with Crippen molar-refractivity contribution in [2.24, 2.45) is 0 Å². The van der Waals surface area contributed by atoms with Gasteiger partial charge in [0.15, 0.2) is 0 Å². The highest BCUT2D eigenvalue weighted by molar-refractivity contribution is 5.87. The topological polar surface area (TPSA) is 35.5 Å². The van der Waals surface area contributed by atoms with Crippen LogP contribution in [0.3, 0.4) is 0 Å². The molecular formula is C7H10O3. The molecule has 0 aromatic rings. The Hall–Kier alpha value is -1.25. The van der Waals surface area contributed by atoms with Crippen molar-refractivity contribution in [2.75, 3.05) is 0 Å². The van der Waals surface area contributed by atoms with Crippen molar-refractivity contribution < 1.29 is 14.6 Å². The summed E-state index contributed by atoms with van der Waals surface area (Å²) in [6, 6.07) is 0. The first-order chi connectivity index (χ1) is 4.72. The summed E-state index contributed by atoms with van der Waals surface area (Å²) in [4.78, 5) is 19.0. The van der Waals surface area contributed by atoms with Gasteiger partial charge in [0.1, 0.15) is 6.26 Å².